The molecule has 2 heterocycles. The van der Waals surface area contributed by atoms with Crippen LogP contribution < -0.4 is 4.74 Å². The minimum absolute atomic E-state index is 0. The van der Waals surface area contributed by atoms with Gasteiger partial charge in [-0.25, -0.2) is 0 Å². The Kier molecular flexibility index (Phi) is 2.60. The molecule has 0 aliphatic carbocycles. The predicted octanol–water partition coefficient (Wildman–Crippen LogP) is 3.20. The Balaban J connectivity index is 0.000000853. The molecule has 3 heteroatoms. The van der Waals surface area contributed by atoms with Crippen molar-refractivity contribution >= 4 is 24.2 Å². The van der Waals surface area contributed by atoms with E-state index < -0.39 is 0 Å². The first-order valence-corrected chi connectivity index (χ1v) is 4.64. The fourth-order valence-corrected chi connectivity index (χ4v) is 1.75. The summed E-state index contributed by atoms with van der Waals surface area (Å²) in [5.41, 5.74) is 3.26. The van der Waals surface area contributed by atoms with E-state index in [2.05, 4.69) is 17.1 Å². The molecule has 0 amide bonds. The fourth-order valence-electron chi connectivity index (χ4n) is 1.75. The Morgan fingerprint density at radius 2 is 2.07 bits per heavy atom. The van der Waals surface area contributed by atoms with Crippen molar-refractivity contribution in [2.75, 3.05) is 0 Å². The van der Waals surface area contributed by atoms with E-state index in [9.17, 15) is 0 Å². The number of allylic oxidation sites excluding steroid dienone is 2. The second kappa shape index (κ2) is 3.91. The van der Waals surface area contributed by atoms with Crippen LogP contribution in [0.15, 0.2) is 47.3 Å². The number of hydrogen-bond acceptors (Lipinski definition) is 2. The minimum Gasteiger partial charge on any atom is -0.462 e. The highest BCUT2D eigenvalue weighted by Gasteiger charge is 2.18. The van der Waals surface area contributed by atoms with Crippen LogP contribution in [0.25, 0.3) is 5.57 Å². The molecule has 76 valence electrons. The Labute approximate surface area is 94.4 Å². The lowest BCUT2D eigenvalue weighted by atomic mass is 9.98. The van der Waals surface area contributed by atoms with E-state index in [1.807, 2.05) is 24.4 Å². The van der Waals surface area contributed by atoms with E-state index in [0.717, 1.165) is 23.4 Å². The minimum atomic E-state index is 0. The third-order valence-corrected chi connectivity index (χ3v) is 2.41. The van der Waals surface area contributed by atoms with Crippen molar-refractivity contribution in [2.45, 2.75) is 6.42 Å². The predicted molar refractivity (Wildman–Crippen MR) is 63.5 cm³/mol. The Bertz CT molecular complexity index is 474. The number of benzene rings is 1. The summed E-state index contributed by atoms with van der Waals surface area (Å²) in [7, 11) is 0. The first-order valence-electron chi connectivity index (χ1n) is 4.64. The summed E-state index contributed by atoms with van der Waals surface area (Å²) in [5, 5.41) is 0. The maximum Gasteiger partial charge on any atom is 0.134 e. The van der Waals surface area contributed by atoms with Gasteiger partial charge in [0.2, 0.25) is 0 Å². The van der Waals surface area contributed by atoms with Gasteiger partial charge in [-0.1, -0.05) is 24.3 Å². The molecule has 2 aliphatic heterocycles. The number of hydrogen-bond donors (Lipinski definition) is 0. The van der Waals surface area contributed by atoms with Crippen LogP contribution in [0.5, 0.6) is 5.75 Å². The zero-order chi connectivity index (χ0) is 9.38. The van der Waals surface area contributed by atoms with Crippen molar-refractivity contribution in [1.82, 2.24) is 0 Å². The van der Waals surface area contributed by atoms with Gasteiger partial charge in [-0.15, -0.1) is 12.4 Å². The number of para-hydroxylation sites is 1. The summed E-state index contributed by atoms with van der Waals surface area (Å²) >= 11 is 0. The number of ether oxygens (including phenoxy) is 1. The first kappa shape index (κ1) is 9.99. The number of halogens is 1. The largest absolute Gasteiger partial charge is 0.462 e. The van der Waals surface area contributed by atoms with Crippen molar-refractivity contribution in [1.29, 1.82) is 0 Å². The molecule has 0 unspecified atom stereocenters. The van der Waals surface area contributed by atoms with Crippen molar-refractivity contribution in [3.05, 3.63) is 47.9 Å². The van der Waals surface area contributed by atoms with Crippen molar-refractivity contribution in [3.8, 4) is 5.75 Å². The molecule has 0 fully saturated rings. The van der Waals surface area contributed by atoms with Crippen LogP contribution in [0.1, 0.15) is 12.0 Å². The Morgan fingerprint density at radius 3 is 3.00 bits per heavy atom. The van der Waals surface area contributed by atoms with E-state index in [1.54, 1.807) is 6.26 Å². The standard InChI is InChI=1S/C12H9NO.ClH/c1-2-6-12-10(4-1)9-5-3-7-13-11(9)8-14-12;/h1-2,4-8H,3H2;1H. The van der Waals surface area contributed by atoms with E-state index in [1.165, 1.54) is 5.57 Å². The summed E-state index contributed by atoms with van der Waals surface area (Å²) in [6.07, 6.45) is 6.69. The highest BCUT2D eigenvalue weighted by atomic mass is 35.5. The van der Waals surface area contributed by atoms with E-state index >= 15 is 0 Å². The molecule has 2 aliphatic rings. The molecular weight excluding hydrogens is 210 g/mol. The summed E-state index contributed by atoms with van der Waals surface area (Å²) in [4.78, 5) is 4.29. The SMILES string of the molecule is C1=NC2=COc3ccccc3C2=CC1.Cl. The molecule has 0 saturated heterocycles. The molecule has 0 spiro atoms. The first-order chi connectivity index (χ1) is 6.95. The molecule has 0 N–H and O–H groups in total. The molecule has 0 bridgehead atoms. The zero-order valence-electron chi connectivity index (χ0n) is 8.01. The average Bonchev–Trinajstić information content (AvgIpc) is 2.29. The van der Waals surface area contributed by atoms with Crippen molar-refractivity contribution in [2.24, 2.45) is 4.99 Å². The summed E-state index contributed by atoms with van der Waals surface area (Å²) < 4.78 is 5.48. The maximum absolute atomic E-state index is 5.48. The van der Waals surface area contributed by atoms with Gasteiger partial charge in [-0.2, -0.15) is 0 Å². The fraction of sp³-hybridized carbons (Fsp3) is 0.0833. The Hall–Kier alpha value is -1.54. The molecule has 0 atom stereocenters. The summed E-state index contributed by atoms with van der Waals surface area (Å²) in [6.45, 7) is 0. The molecule has 3 rings (SSSR count). The van der Waals surface area contributed by atoms with Crippen LogP contribution in [-0.2, 0) is 0 Å². The quantitative estimate of drug-likeness (QED) is 0.657. The molecule has 1 aromatic rings. The third-order valence-electron chi connectivity index (χ3n) is 2.41. The van der Waals surface area contributed by atoms with Gasteiger partial charge in [0.15, 0.2) is 0 Å². The van der Waals surface area contributed by atoms with Crippen LogP contribution in [0, 0.1) is 0 Å². The highest BCUT2D eigenvalue weighted by Crippen LogP contribution is 2.36. The molecule has 2 nitrogen and oxygen atoms in total. The van der Waals surface area contributed by atoms with Crippen molar-refractivity contribution < 1.29 is 4.74 Å². The lowest BCUT2D eigenvalue weighted by Crippen LogP contribution is -2.03. The molecule has 0 saturated carbocycles. The van der Waals surface area contributed by atoms with Crippen LogP contribution in [0.2, 0.25) is 0 Å². The van der Waals surface area contributed by atoms with Gasteiger partial charge in [-0.05, 0) is 6.07 Å². The second-order valence-electron chi connectivity index (χ2n) is 3.28. The van der Waals surface area contributed by atoms with Crippen LogP contribution in [0.4, 0.5) is 0 Å². The van der Waals surface area contributed by atoms with Gasteiger partial charge < -0.3 is 4.74 Å². The van der Waals surface area contributed by atoms with Crippen molar-refractivity contribution in [3.63, 3.8) is 0 Å². The zero-order valence-corrected chi connectivity index (χ0v) is 8.83. The molecule has 15 heavy (non-hydrogen) atoms. The highest BCUT2D eigenvalue weighted by molar-refractivity contribution is 5.88. The van der Waals surface area contributed by atoms with E-state index in [0.29, 0.717) is 0 Å². The van der Waals surface area contributed by atoms with Gasteiger partial charge in [0.05, 0.1) is 0 Å². The van der Waals surface area contributed by atoms with E-state index in [-0.39, 0.29) is 12.4 Å². The van der Waals surface area contributed by atoms with Crippen LogP contribution >= 0.6 is 12.4 Å². The molecular formula is C12H10ClNO. The lowest BCUT2D eigenvalue weighted by Gasteiger charge is -2.19. The van der Waals surface area contributed by atoms with Gasteiger partial charge in [0.25, 0.3) is 0 Å². The third kappa shape index (κ3) is 1.57. The number of fused-ring (bicyclic) bond motifs is 3. The average molecular weight is 220 g/mol. The molecule has 0 radical (unpaired) electrons. The smallest absolute Gasteiger partial charge is 0.134 e. The van der Waals surface area contributed by atoms with Gasteiger partial charge in [0, 0.05) is 23.8 Å². The van der Waals surface area contributed by atoms with Gasteiger partial charge in [0.1, 0.15) is 17.7 Å². The number of nitrogens with zero attached hydrogens (tertiary/aromatic N) is 1. The van der Waals surface area contributed by atoms with Gasteiger partial charge >= 0.3 is 0 Å². The topological polar surface area (TPSA) is 21.6 Å². The number of dihydropyridines is 1. The molecule has 0 aromatic heterocycles. The monoisotopic (exact) mass is 219 g/mol. The second-order valence-corrected chi connectivity index (χ2v) is 3.28. The number of aliphatic imine (C=N–C) groups is 1. The summed E-state index contributed by atoms with van der Waals surface area (Å²) in [5.74, 6) is 0.916. The molecule has 1 aromatic carbocycles. The van der Waals surface area contributed by atoms with Crippen LogP contribution in [-0.4, -0.2) is 6.21 Å². The Morgan fingerprint density at radius 1 is 1.20 bits per heavy atom. The number of rotatable bonds is 0. The summed E-state index contributed by atoms with van der Waals surface area (Å²) in [6, 6.07) is 8.03. The normalized spacial score (nSPS) is 16.3. The van der Waals surface area contributed by atoms with E-state index in [4.69, 9.17) is 4.74 Å². The van der Waals surface area contributed by atoms with Gasteiger partial charge in [-0.3, -0.25) is 4.99 Å². The van der Waals surface area contributed by atoms with Crippen LogP contribution in [0.3, 0.4) is 0 Å². The maximum atomic E-state index is 5.48. The lowest BCUT2D eigenvalue weighted by molar-refractivity contribution is 0.470.